The van der Waals surface area contributed by atoms with Crippen molar-refractivity contribution in [3.8, 4) is 0 Å². The van der Waals surface area contributed by atoms with Gasteiger partial charge in [-0.15, -0.1) is 0 Å². The van der Waals surface area contributed by atoms with Gasteiger partial charge in [-0.25, -0.2) is 4.79 Å². The van der Waals surface area contributed by atoms with Gasteiger partial charge in [-0.3, -0.25) is 4.79 Å². The Balaban J connectivity index is 1.83. The van der Waals surface area contributed by atoms with Crippen LogP contribution in [0.15, 0.2) is 42.5 Å². The Bertz CT molecular complexity index is 921. The summed E-state index contributed by atoms with van der Waals surface area (Å²) in [7, 11) is 3.95. The SMILES string of the molecule is CN(C)CCNC(=O)c1cccc(C2Nc3ccc(C(=O)O)cc3CC2(C)C)c1. The molecule has 1 amide bonds. The number of likely N-dealkylation sites (N-methyl/N-ethyl adjacent to an activating group) is 1. The molecule has 0 saturated heterocycles. The normalized spacial score (nSPS) is 17.3. The molecular formula is C23H29N3O3. The van der Waals surface area contributed by atoms with Crippen LogP contribution in [0.5, 0.6) is 0 Å². The van der Waals surface area contributed by atoms with Crippen LogP contribution in [-0.2, 0) is 6.42 Å². The molecule has 6 heteroatoms. The molecule has 1 unspecified atom stereocenters. The molecular weight excluding hydrogens is 366 g/mol. The molecule has 1 heterocycles. The monoisotopic (exact) mass is 395 g/mol. The molecule has 0 fully saturated rings. The van der Waals surface area contributed by atoms with Crippen molar-refractivity contribution in [3.63, 3.8) is 0 Å². The van der Waals surface area contributed by atoms with Gasteiger partial charge in [0, 0.05) is 24.3 Å². The smallest absolute Gasteiger partial charge is 0.335 e. The first-order valence-corrected chi connectivity index (χ1v) is 9.83. The Morgan fingerprint density at radius 1 is 1.17 bits per heavy atom. The van der Waals surface area contributed by atoms with E-state index >= 15 is 0 Å². The first kappa shape index (κ1) is 20.9. The van der Waals surface area contributed by atoms with E-state index in [0.717, 1.165) is 29.8 Å². The average molecular weight is 396 g/mol. The van der Waals surface area contributed by atoms with Gasteiger partial charge in [0.2, 0.25) is 0 Å². The van der Waals surface area contributed by atoms with Crippen LogP contribution < -0.4 is 10.6 Å². The summed E-state index contributed by atoms with van der Waals surface area (Å²) in [5.41, 5.74) is 3.79. The van der Waals surface area contributed by atoms with Crippen LogP contribution >= 0.6 is 0 Å². The molecule has 1 atom stereocenters. The van der Waals surface area contributed by atoms with Gasteiger partial charge in [-0.2, -0.15) is 0 Å². The van der Waals surface area contributed by atoms with E-state index in [-0.39, 0.29) is 17.4 Å². The highest BCUT2D eigenvalue weighted by molar-refractivity contribution is 5.94. The highest BCUT2D eigenvalue weighted by Crippen LogP contribution is 2.45. The molecule has 2 aromatic rings. The minimum absolute atomic E-state index is 0.0141. The van der Waals surface area contributed by atoms with Gasteiger partial charge in [0.15, 0.2) is 0 Å². The summed E-state index contributed by atoms with van der Waals surface area (Å²) in [6.07, 6.45) is 0.750. The number of amides is 1. The van der Waals surface area contributed by atoms with Crippen molar-refractivity contribution in [3.05, 3.63) is 64.7 Å². The van der Waals surface area contributed by atoms with Crippen LogP contribution in [0.25, 0.3) is 0 Å². The molecule has 154 valence electrons. The predicted octanol–water partition coefficient (Wildman–Crippen LogP) is 3.41. The van der Waals surface area contributed by atoms with E-state index in [4.69, 9.17) is 0 Å². The van der Waals surface area contributed by atoms with Crippen molar-refractivity contribution in [2.75, 3.05) is 32.5 Å². The molecule has 0 spiro atoms. The number of nitrogens with one attached hydrogen (secondary N) is 2. The minimum Gasteiger partial charge on any atom is -0.478 e. The van der Waals surface area contributed by atoms with Crippen molar-refractivity contribution in [2.45, 2.75) is 26.3 Å². The van der Waals surface area contributed by atoms with Gasteiger partial charge in [-0.1, -0.05) is 26.0 Å². The third-order valence-electron chi connectivity index (χ3n) is 5.41. The lowest BCUT2D eigenvalue weighted by atomic mass is 9.72. The molecule has 0 bridgehead atoms. The van der Waals surface area contributed by atoms with Crippen LogP contribution in [0.3, 0.4) is 0 Å². The molecule has 29 heavy (non-hydrogen) atoms. The van der Waals surface area contributed by atoms with Crippen molar-refractivity contribution >= 4 is 17.6 Å². The summed E-state index contributed by atoms with van der Waals surface area (Å²) in [6.45, 7) is 5.70. The minimum atomic E-state index is -0.916. The largest absolute Gasteiger partial charge is 0.478 e. The number of carbonyl (C=O) groups excluding carboxylic acids is 1. The van der Waals surface area contributed by atoms with E-state index in [1.165, 1.54) is 0 Å². The zero-order valence-corrected chi connectivity index (χ0v) is 17.5. The topological polar surface area (TPSA) is 81.7 Å². The summed E-state index contributed by atoms with van der Waals surface area (Å²) < 4.78 is 0. The lowest BCUT2D eigenvalue weighted by molar-refractivity contribution is 0.0696. The summed E-state index contributed by atoms with van der Waals surface area (Å²) in [4.78, 5) is 25.8. The Kier molecular flexibility index (Phi) is 5.94. The first-order valence-electron chi connectivity index (χ1n) is 9.83. The summed E-state index contributed by atoms with van der Waals surface area (Å²) in [5, 5.41) is 15.8. The van der Waals surface area contributed by atoms with Crippen LogP contribution in [0.2, 0.25) is 0 Å². The van der Waals surface area contributed by atoms with E-state index in [2.05, 4.69) is 24.5 Å². The van der Waals surface area contributed by atoms with Crippen molar-refractivity contribution in [1.82, 2.24) is 10.2 Å². The molecule has 1 aliphatic rings. The average Bonchev–Trinajstić information content (AvgIpc) is 2.66. The number of nitrogens with zero attached hydrogens (tertiary/aromatic N) is 1. The van der Waals surface area contributed by atoms with E-state index < -0.39 is 5.97 Å². The van der Waals surface area contributed by atoms with Gasteiger partial charge in [-0.05, 0) is 67.4 Å². The fourth-order valence-electron chi connectivity index (χ4n) is 3.85. The first-order chi connectivity index (χ1) is 13.7. The number of hydrogen-bond donors (Lipinski definition) is 3. The molecule has 1 aliphatic heterocycles. The lowest BCUT2D eigenvalue weighted by Gasteiger charge is -2.41. The Morgan fingerprint density at radius 3 is 2.62 bits per heavy atom. The van der Waals surface area contributed by atoms with Crippen molar-refractivity contribution in [1.29, 1.82) is 0 Å². The molecule has 3 rings (SSSR count). The number of carbonyl (C=O) groups is 2. The molecule has 0 radical (unpaired) electrons. The lowest BCUT2D eigenvalue weighted by Crippen LogP contribution is -2.35. The van der Waals surface area contributed by atoms with Gasteiger partial charge >= 0.3 is 5.97 Å². The number of hydrogen-bond acceptors (Lipinski definition) is 4. The number of benzene rings is 2. The van der Waals surface area contributed by atoms with Crippen LogP contribution in [-0.4, -0.2) is 49.1 Å². The molecule has 3 N–H and O–H groups in total. The molecule has 0 aliphatic carbocycles. The maximum absolute atomic E-state index is 12.5. The third-order valence-corrected chi connectivity index (χ3v) is 5.41. The fraction of sp³-hybridized carbons (Fsp3) is 0.391. The Labute approximate surface area is 171 Å². The van der Waals surface area contributed by atoms with E-state index in [1.54, 1.807) is 12.1 Å². The molecule has 0 saturated carbocycles. The van der Waals surface area contributed by atoms with Crippen LogP contribution in [0, 0.1) is 5.41 Å². The van der Waals surface area contributed by atoms with E-state index in [9.17, 15) is 14.7 Å². The number of fused-ring (bicyclic) bond motifs is 1. The second-order valence-corrected chi connectivity index (χ2v) is 8.60. The summed E-state index contributed by atoms with van der Waals surface area (Å²) in [6, 6.07) is 12.9. The zero-order chi connectivity index (χ0) is 21.2. The van der Waals surface area contributed by atoms with Gasteiger partial charge in [0.05, 0.1) is 11.6 Å². The van der Waals surface area contributed by atoms with Gasteiger partial charge < -0.3 is 20.6 Å². The number of aromatic carboxylic acids is 1. The second kappa shape index (κ2) is 8.25. The zero-order valence-electron chi connectivity index (χ0n) is 17.5. The van der Waals surface area contributed by atoms with Crippen LogP contribution in [0.4, 0.5) is 5.69 Å². The van der Waals surface area contributed by atoms with Crippen LogP contribution in [0.1, 0.15) is 51.7 Å². The number of carboxylic acid groups (broad SMARTS) is 1. The summed E-state index contributed by atoms with van der Waals surface area (Å²) in [5.74, 6) is -0.991. The molecule has 6 nitrogen and oxygen atoms in total. The number of anilines is 1. The maximum atomic E-state index is 12.5. The van der Waals surface area contributed by atoms with E-state index in [0.29, 0.717) is 17.7 Å². The number of rotatable bonds is 6. The maximum Gasteiger partial charge on any atom is 0.335 e. The van der Waals surface area contributed by atoms with E-state index in [1.807, 2.05) is 49.3 Å². The molecule has 0 aromatic heterocycles. The Morgan fingerprint density at radius 2 is 1.93 bits per heavy atom. The fourth-order valence-corrected chi connectivity index (χ4v) is 3.85. The third kappa shape index (κ3) is 4.77. The second-order valence-electron chi connectivity index (χ2n) is 8.60. The standard InChI is InChI=1S/C23H29N3O3/c1-23(2)14-18-13-17(22(28)29)8-9-19(18)25-20(23)15-6-5-7-16(12-15)21(27)24-10-11-26(3)4/h5-9,12-13,20,25H,10-11,14H2,1-4H3,(H,24,27)(H,28,29). The molecule has 2 aromatic carbocycles. The highest BCUT2D eigenvalue weighted by Gasteiger charge is 2.36. The quantitative estimate of drug-likeness (QED) is 0.698. The van der Waals surface area contributed by atoms with Gasteiger partial charge in [0.25, 0.3) is 5.91 Å². The number of carboxylic acids is 1. The highest BCUT2D eigenvalue weighted by atomic mass is 16.4. The summed E-state index contributed by atoms with van der Waals surface area (Å²) >= 11 is 0. The van der Waals surface area contributed by atoms with Gasteiger partial charge in [0.1, 0.15) is 0 Å². The van der Waals surface area contributed by atoms with Crippen molar-refractivity contribution < 1.29 is 14.7 Å². The van der Waals surface area contributed by atoms with Crippen molar-refractivity contribution in [2.24, 2.45) is 5.41 Å². The predicted molar refractivity (Wildman–Crippen MR) is 115 cm³/mol. The Hall–Kier alpha value is -2.86.